The number of carbonyl (C=O) groups is 1. The zero-order chi connectivity index (χ0) is 23.1. The van der Waals surface area contributed by atoms with Crippen molar-refractivity contribution in [2.24, 2.45) is 0 Å². The van der Waals surface area contributed by atoms with Crippen molar-refractivity contribution in [1.29, 1.82) is 0 Å². The van der Waals surface area contributed by atoms with Crippen LogP contribution in [-0.4, -0.2) is 43.9 Å². The Morgan fingerprint density at radius 1 is 1.45 bits per heavy atom. The van der Waals surface area contributed by atoms with Gasteiger partial charge in [0.05, 0.1) is 17.2 Å². The topological polar surface area (TPSA) is 123 Å². The monoisotopic (exact) mass is 465 g/mol. The highest BCUT2D eigenvalue weighted by Crippen LogP contribution is 2.39. The van der Waals surface area contributed by atoms with E-state index in [1.54, 1.807) is 31.8 Å². The molecule has 2 unspecified atom stereocenters. The molecule has 0 aliphatic heterocycles. The van der Waals surface area contributed by atoms with Crippen molar-refractivity contribution in [3.05, 3.63) is 58.5 Å². The molecule has 10 heteroatoms. The normalized spacial score (nSPS) is 17.3. The maximum atomic E-state index is 13.2. The second-order valence-electron chi connectivity index (χ2n) is 8.17. The number of methoxy groups -OCH3 is 1. The van der Waals surface area contributed by atoms with Crippen molar-refractivity contribution in [1.82, 2.24) is 30.1 Å². The van der Waals surface area contributed by atoms with Crippen LogP contribution < -0.4 is 11.1 Å². The van der Waals surface area contributed by atoms with Crippen molar-refractivity contribution in [3.63, 3.8) is 0 Å². The summed E-state index contributed by atoms with van der Waals surface area (Å²) in [5.74, 6) is -0.227. The lowest BCUT2D eigenvalue weighted by Gasteiger charge is -2.25. The van der Waals surface area contributed by atoms with Gasteiger partial charge in [0.25, 0.3) is 5.91 Å². The van der Waals surface area contributed by atoms with Crippen LogP contribution in [0.1, 0.15) is 53.7 Å². The standard InChI is InChI=1S/C23H24ClN7O2/c1-12(28-23(32)19-21(25)30-31-9-3-8-26-22(19)31)15-10-17(24)16-11-27-29-20(16)18(15)13-4-6-14(33-2)7-5-13/h3-4,8-12,14H,5-7H2,1-2H3,(H2,25,30)(H,27,29)(H,28,32). The van der Waals surface area contributed by atoms with E-state index in [2.05, 4.69) is 31.7 Å². The van der Waals surface area contributed by atoms with E-state index in [-0.39, 0.29) is 29.4 Å². The molecule has 33 heavy (non-hydrogen) atoms. The first kappa shape index (κ1) is 21.4. The van der Waals surface area contributed by atoms with Crippen molar-refractivity contribution in [3.8, 4) is 0 Å². The minimum atomic E-state index is -0.370. The van der Waals surface area contributed by atoms with Crippen LogP contribution in [0.5, 0.6) is 0 Å². The lowest BCUT2D eigenvalue weighted by atomic mass is 9.86. The van der Waals surface area contributed by atoms with Gasteiger partial charge in [0.1, 0.15) is 11.1 Å². The van der Waals surface area contributed by atoms with Crippen LogP contribution in [0.2, 0.25) is 5.02 Å². The van der Waals surface area contributed by atoms with E-state index >= 15 is 0 Å². The number of H-pyrrole nitrogens is 1. The van der Waals surface area contributed by atoms with Gasteiger partial charge in [-0.15, -0.1) is 5.10 Å². The summed E-state index contributed by atoms with van der Waals surface area (Å²) in [6.07, 6.45) is 10.1. The molecule has 4 aromatic rings. The number of aromatic amines is 1. The third-order valence-electron chi connectivity index (χ3n) is 6.19. The predicted molar refractivity (Wildman–Crippen MR) is 127 cm³/mol. The van der Waals surface area contributed by atoms with Crippen molar-refractivity contribution in [2.45, 2.75) is 38.3 Å². The van der Waals surface area contributed by atoms with Gasteiger partial charge in [-0.25, -0.2) is 9.50 Å². The molecule has 0 radical (unpaired) electrons. The Bertz CT molecular complexity index is 1390. The summed E-state index contributed by atoms with van der Waals surface area (Å²) in [5.41, 5.74) is 10.5. The molecule has 0 saturated heterocycles. The number of nitrogens with zero attached hydrogens (tertiary/aromatic N) is 4. The van der Waals surface area contributed by atoms with Gasteiger partial charge in [0.2, 0.25) is 0 Å². The third-order valence-corrected chi connectivity index (χ3v) is 6.50. The number of fused-ring (bicyclic) bond motifs is 2. The first-order valence-electron chi connectivity index (χ1n) is 10.8. The number of aromatic nitrogens is 5. The molecule has 1 aliphatic rings. The van der Waals surface area contributed by atoms with Gasteiger partial charge in [-0.3, -0.25) is 9.89 Å². The molecule has 1 aromatic carbocycles. The minimum absolute atomic E-state index is 0.125. The molecule has 0 spiro atoms. The number of allylic oxidation sites excluding steroid dienone is 1. The zero-order valence-electron chi connectivity index (χ0n) is 18.3. The van der Waals surface area contributed by atoms with Gasteiger partial charge < -0.3 is 15.8 Å². The van der Waals surface area contributed by atoms with E-state index in [0.29, 0.717) is 10.7 Å². The fraction of sp³-hybridized carbons (Fsp3) is 0.304. The second kappa shape index (κ2) is 8.49. The van der Waals surface area contributed by atoms with Crippen LogP contribution in [-0.2, 0) is 4.74 Å². The highest BCUT2D eigenvalue weighted by atomic mass is 35.5. The number of ether oxygens (including phenoxy) is 1. The quantitative estimate of drug-likeness (QED) is 0.410. The number of rotatable bonds is 5. The van der Waals surface area contributed by atoms with Crippen LogP contribution in [0.3, 0.4) is 0 Å². The molecule has 9 nitrogen and oxygen atoms in total. The molecule has 170 valence electrons. The number of nitrogens with two attached hydrogens (primary N) is 1. The molecular formula is C23H24ClN7O2. The Hall–Kier alpha value is -3.43. The Balaban J connectivity index is 1.54. The third kappa shape index (κ3) is 3.73. The maximum absolute atomic E-state index is 13.2. The Labute approximate surface area is 195 Å². The van der Waals surface area contributed by atoms with Crippen molar-refractivity contribution in [2.75, 3.05) is 12.8 Å². The largest absolute Gasteiger partial charge is 0.381 e. The summed E-state index contributed by atoms with van der Waals surface area (Å²) >= 11 is 6.59. The molecule has 3 aromatic heterocycles. The molecule has 0 saturated carbocycles. The van der Waals surface area contributed by atoms with Gasteiger partial charge in [-0.2, -0.15) is 5.10 Å². The second-order valence-corrected chi connectivity index (χ2v) is 8.58. The van der Waals surface area contributed by atoms with Gasteiger partial charge in [-0.05, 0) is 49.5 Å². The van der Waals surface area contributed by atoms with E-state index in [1.807, 2.05) is 13.0 Å². The lowest BCUT2D eigenvalue weighted by molar-refractivity contribution is 0.0942. The molecule has 4 N–H and O–H groups in total. The Morgan fingerprint density at radius 2 is 2.30 bits per heavy atom. The molecule has 0 fully saturated rings. The summed E-state index contributed by atoms with van der Waals surface area (Å²) in [7, 11) is 1.74. The van der Waals surface area contributed by atoms with Crippen molar-refractivity contribution < 1.29 is 9.53 Å². The van der Waals surface area contributed by atoms with Crippen LogP contribution in [0, 0.1) is 0 Å². The average Bonchev–Trinajstić information content (AvgIpc) is 3.43. The molecule has 0 bridgehead atoms. The molecule has 5 rings (SSSR count). The summed E-state index contributed by atoms with van der Waals surface area (Å²) in [6, 6.07) is 3.26. The van der Waals surface area contributed by atoms with E-state index < -0.39 is 0 Å². The number of benzene rings is 1. The first-order chi connectivity index (χ1) is 16.0. The number of nitrogens with one attached hydrogen (secondary N) is 2. The Morgan fingerprint density at radius 3 is 3.06 bits per heavy atom. The number of hydrogen-bond acceptors (Lipinski definition) is 6. The number of hydrogen-bond donors (Lipinski definition) is 3. The summed E-state index contributed by atoms with van der Waals surface area (Å²) < 4.78 is 7.01. The van der Waals surface area contributed by atoms with E-state index in [1.165, 1.54) is 10.1 Å². The van der Waals surface area contributed by atoms with Crippen LogP contribution in [0.25, 0.3) is 22.1 Å². The average molecular weight is 466 g/mol. The molecule has 1 amide bonds. The lowest BCUT2D eigenvalue weighted by Crippen LogP contribution is -2.28. The van der Waals surface area contributed by atoms with Crippen LogP contribution >= 0.6 is 11.6 Å². The molecule has 3 heterocycles. The summed E-state index contributed by atoms with van der Waals surface area (Å²) in [6.45, 7) is 1.92. The number of anilines is 1. The van der Waals surface area contributed by atoms with Gasteiger partial charge in [0.15, 0.2) is 11.5 Å². The van der Waals surface area contributed by atoms with Crippen LogP contribution in [0.15, 0.2) is 36.8 Å². The molecular weight excluding hydrogens is 442 g/mol. The highest BCUT2D eigenvalue weighted by molar-refractivity contribution is 6.35. The zero-order valence-corrected chi connectivity index (χ0v) is 19.1. The first-order valence-corrected chi connectivity index (χ1v) is 11.1. The van der Waals surface area contributed by atoms with Crippen molar-refractivity contribution >= 4 is 45.4 Å². The smallest absolute Gasteiger partial charge is 0.259 e. The highest BCUT2D eigenvalue weighted by Gasteiger charge is 2.26. The fourth-order valence-corrected chi connectivity index (χ4v) is 4.75. The maximum Gasteiger partial charge on any atom is 0.259 e. The van der Waals surface area contributed by atoms with E-state index in [9.17, 15) is 4.79 Å². The number of nitrogen functional groups attached to an aromatic ring is 1. The van der Waals surface area contributed by atoms with Crippen LogP contribution in [0.4, 0.5) is 5.82 Å². The number of halogens is 1. The van der Waals surface area contributed by atoms with Gasteiger partial charge in [0, 0.05) is 36.7 Å². The van der Waals surface area contributed by atoms with E-state index in [0.717, 1.165) is 41.3 Å². The SMILES string of the molecule is COC1CC=C(c2c(C(C)NC(=O)c3c(N)nn4cccnc34)cc(Cl)c3c[nH]nc23)CC1. The predicted octanol–water partition coefficient (Wildman–Crippen LogP) is 3.91. The van der Waals surface area contributed by atoms with Gasteiger partial charge in [-0.1, -0.05) is 17.7 Å². The summed E-state index contributed by atoms with van der Waals surface area (Å²) in [4.78, 5) is 17.5. The number of amides is 1. The van der Waals surface area contributed by atoms with Gasteiger partial charge >= 0.3 is 0 Å². The Kier molecular flexibility index (Phi) is 5.51. The number of carbonyl (C=O) groups excluding carboxylic acids is 1. The fourth-order valence-electron chi connectivity index (χ4n) is 4.48. The van der Waals surface area contributed by atoms with E-state index in [4.69, 9.17) is 22.1 Å². The minimum Gasteiger partial charge on any atom is -0.381 e. The molecule has 2 atom stereocenters. The summed E-state index contributed by atoms with van der Waals surface area (Å²) in [5, 5.41) is 16.1. The molecule has 1 aliphatic carbocycles.